The lowest BCUT2D eigenvalue weighted by atomic mass is 10.1. The molecule has 0 aliphatic heterocycles. The highest BCUT2D eigenvalue weighted by Crippen LogP contribution is 2.29. The second kappa shape index (κ2) is 10.7. The summed E-state index contributed by atoms with van der Waals surface area (Å²) < 4.78 is 25.3. The van der Waals surface area contributed by atoms with Gasteiger partial charge in [-0.2, -0.15) is 0 Å². The maximum Gasteiger partial charge on any atom is 0.342 e. The Labute approximate surface area is 183 Å². The molecular weight excluding hydrogens is 424 g/mol. The van der Waals surface area contributed by atoms with Gasteiger partial charge in [0.15, 0.2) is 0 Å². The predicted molar refractivity (Wildman–Crippen MR) is 107 cm³/mol. The second-order valence-corrected chi connectivity index (χ2v) is 6.38. The zero-order valence-corrected chi connectivity index (χ0v) is 17.8. The lowest BCUT2D eigenvalue weighted by Gasteiger charge is -2.13. The Morgan fingerprint density at radius 2 is 1.12 bits per heavy atom. The monoisotopic (exact) mass is 444 g/mol. The SMILES string of the molecule is CC(=O)Oc1ccc(COC(=O)c2cc(OC(C)=O)ccc2OC(C)=O)c(OC(C)=O)c1. The normalized spacial score (nSPS) is 10.0. The van der Waals surface area contributed by atoms with Crippen molar-refractivity contribution in [3.8, 4) is 23.0 Å². The first kappa shape index (κ1) is 24.1. The van der Waals surface area contributed by atoms with Gasteiger partial charge in [0.25, 0.3) is 0 Å². The Hall–Kier alpha value is -4.21. The van der Waals surface area contributed by atoms with Crippen molar-refractivity contribution in [2.24, 2.45) is 0 Å². The summed E-state index contributed by atoms with van der Waals surface area (Å²) >= 11 is 0. The van der Waals surface area contributed by atoms with E-state index >= 15 is 0 Å². The van der Waals surface area contributed by atoms with Gasteiger partial charge in [-0.05, 0) is 30.3 Å². The Balaban J connectivity index is 2.28. The molecule has 0 heterocycles. The van der Waals surface area contributed by atoms with E-state index < -0.39 is 29.8 Å². The molecule has 0 aliphatic rings. The fraction of sp³-hybridized carbons (Fsp3) is 0.227. The van der Waals surface area contributed by atoms with Crippen LogP contribution in [0, 0.1) is 0 Å². The molecule has 10 heteroatoms. The Morgan fingerprint density at radius 1 is 0.625 bits per heavy atom. The third kappa shape index (κ3) is 7.24. The van der Waals surface area contributed by atoms with Crippen LogP contribution >= 0.6 is 0 Å². The number of esters is 5. The summed E-state index contributed by atoms with van der Waals surface area (Å²) in [5, 5.41) is 0. The molecule has 0 radical (unpaired) electrons. The molecule has 2 aromatic carbocycles. The molecular formula is C22H20O10. The molecule has 0 saturated heterocycles. The maximum atomic E-state index is 12.7. The van der Waals surface area contributed by atoms with E-state index in [9.17, 15) is 24.0 Å². The summed E-state index contributed by atoms with van der Waals surface area (Å²) in [4.78, 5) is 57.7. The van der Waals surface area contributed by atoms with Crippen molar-refractivity contribution in [2.45, 2.75) is 34.3 Å². The number of carbonyl (C=O) groups is 5. The molecule has 0 saturated carbocycles. The molecule has 168 valence electrons. The highest BCUT2D eigenvalue weighted by Gasteiger charge is 2.19. The molecule has 0 spiro atoms. The van der Waals surface area contributed by atoms with Crippen LogP contribution < -0.4 is 18.9 Å². The van der Waals surface area contributed by atoms with Crippen molar-refractivity contribution in [1.82, 2.24) is 0 Å². The van der Waals surface area contributed by atoms with E-state index in [4.69, 9.17) is 23.7 Å². The van der Waals surface area contributed by atoms with Gasteiger partial charge in [-0.3, -0.25) is 19.2 Å². The van der Waals surface area contributed by atoms with Crippen LogP contribution in [0.25, 0.3) is 0 Å². The molecule has 0 amide bonds. The van der Waals surface area contributed by atoms with Gasteiger partial charge in [0, 0.05) is 39.3 Å². The van der Waals surface area contributed by atoms with Crippen molar-refractivity contribution < 1.29 is 47.7 Å². The molecule has 0 aromatic heterocycles. The van der Waals surface area contributed by atoms with Gasteiger partial charge < -0.3 is 23.7 Å². The molecule has 0 unspecified atom stereocenters. The highest BCUT2D eigenvalue weighted by atomic mass is 16.6. The van der Waals surface area contributed by atoms with E-state index in [0.717, 1.165) is 6.92 Å². The third-order valence-electron chi connectivity index (χ3n) is 3.60. The molecule has 0 aliphatic carbocycles. The average molecular weight is 444 g/mol. The first-order chi connectivity index (χ1) is 15.0. The van der Waals surface area contributed by atoms with E-state index in [1.807, 2.05) is 0 Å². The van der Waals surface area contributed by atoms with Gasteiger partial charge in [0.1, 0.15) is 35.2 Å². The average Bonchev–Trinajstić information content (AvgIpc) is 2.66. The summed E-state index contributed by atoms with van der Waals surface area (Å²) in [6.45, 7) is 4.41. The van der Waals surface area contributed by atoms with Crippen LogP contribution in [-0.4, -0.2) is 29.8 Å². The summed E-state index contributed by atoms with van der Waals surface area (Å²) in [6, 6.07) is 8.02. The molecule has 32 heavy (non-hydrogen) atoms. The van der Waals surface area contributed by atoms with Crippen molar-refractivity contribution >= 4 is 29.8 Å². The fourth-order valence-corrected chi connectivity index (χ4v) is 2.50. The van der Waals surface area contributed by atoms with Crippen LogP contribution in [0.5, 0.6) is 23.0 Å². The standard InChI is InChI=1S/C22H20O10/c1-12(23)29-17-7-8-20(31-14(3)25)19(9-17)22(27)28-11-16-5-6-18(30-13(2)24)10-21(16)32-15(4)26/h5-10H,11H2,1-4H3. The lowest BCUT2D eigenvalue weighted by Crippen LogP contribution is -2.12. The number of hydrogen-bond acceptors (Lipinski definition) is 10. The van der Waals surface area contributed by atoms with Crippen LogP contribution in [0.1, 0.15) is 43.6 Å². The van der Waals surface area contributed by atoms with Gasteiger partial charge in [0.05, 0.1) is 0 Å². The van der Waals surface area contributed by atoms with Crippen molar-refractivity contribution in [2.75, 3.05) is 0 Å². The Morgan fingerprint density at radius 3 is 1.69 bits per heavy atom. The van der Waals surface area contributed by atoms with Gasteiger partial charge in [-0.1, -0.05) is 0 Å². The second-order valence-electron chi connectivity index (χ2n) is 6.38. The minimum absolute atomic E-state index is 0.0259. The summed E-state index contributed by atoms with van der Waals surface area (Å²) in [5.41, 5.74) is 0.138. The molecule has 2 rings (SSSR count). The van der Waals surface area contributed by atoms with E-state index in [0.29, 0.717) is 5.56 Å². The zero-order valence-electron chi connectivity index (χ0n) is 17.8. The zero-order chi connectivity index (χ0) is 23.8. The number of benzene rings is 2. The van der Waals surface area contributed by atoms with Crippen LogP contribution in [0.2, 0.25) is 0 Å². The van der Waals surface area contributed by atoms with E-state index in [2.05, 4.69) is 0 Å². The minimum Gasteiger partial charge on any atom is -0.457 e. The van der Waals surface area contributed by atoms with E-state index in [-0.39, 0.29) is 35.2 Å². The quantitative estimate of drug-likeness (QED) is 0.464. The molecule has 0 atom stereocenters. The van der Waals surface area contributed by atoms with Crippen LogP contribution in [0.4, 0.5) is 0 Å². The van der Waals surface area contributed by atoms with Gasteiger partial charge in [-0.25, -0.2) is 4.79 Å². The predicted octanol–water partition coefficient (Wildman–Crippen LogP) is 2.74. The lowest BCUT2D eigenvalue weighted by molar-refractivity contribution is -0.133. The van der Waals surface area contributed by atoms with Crippen LogP contribution in [0.3, 0.4) is 0 Å². The van der Waals surface area contributed by atoms with E-state index in [1.165, 1.54) is 57.2 Å². The third-order valence-corrected chi connectivity index (χ3v) is 3.60. The number of carbonyl (C=O) groups excluding carboxylic acids is 5. The van der Waals surface area contributed by atoms with Crippen molar-refractivity contribution in [1.29, 1.82) is 0 Å². The number of ether oxygens (including phenoxy) is 5. The summed E-state index contributed by atoms with van der Waals surface area (Å²) in [7, 11) is 0. The largest absolute Gasteiger partial charge is 0.457 e. The Kier molecular flexibility index (Phi) is 8.05. The van der Waals surface area contributed by atoms with Gasteiger partial charge >= 0.3 is 29.8 Å². The minimum atomic E-state index is -0.895. The highest BCUT2D eigenvalue weighted by molar-refractivity contribution is 5.94. The first-order valence-electron chi connectivity index (χ1n) is 9.23. The van der Waals surface area contributed by atoms with Crippen LogP contribution in [0.15, 0.2) is 36.4 Å². The molecule has 0 fully saturated rings. The fourth-order valence-electron chi connectivity index (χ4n) is 2.50. The molecule has 2 aromatic rings. The summed E-state index contributed by atoms with van der Waals surface area (Å²) in [6.07, 6.45) is 0. The maximum absolute atomic E-state index is 12.7. The summed E-state index contributed by atoms with van der Waals surface area (Å²) in [5.74, 6) is -3.26. The van der Waals surface area contributed by atoms with Crippen molar-refractivity contribution in [3.05, 3.63) is 47.5 Å². The number of rotatable bonds is 7. The smallest absolute Gasteiger partial charge is 0.342 e. The van der Waals surface area contributed by atoms with Gasteiger partial charge in [0.2, 0.25) is 0 Å². The first-order valence-corrected chi connectivity index (χ1v) is 9.23. The number of hydrogen-bond donors (Lipinski definition) is 0. The Bertz CT molecular complexity index is 1070. The molecule has 10 nitrogen and oxygen atoms in total. The molecule has 0 bridgehead atoms. The topological polar surface area (TPSA) is 132 Å². The van der Waals surface area contributed by atoms with Crippen LogP contribution in [-0.2, 0) is 30.5 Å². The van der Waals surface area contributed by atoms with Gasteiger partial charge in [-0.15, -0.1) is 0 Å². The van der Waals surface area contributed by atoms with E-state index in [1.54, 1.807) is 0 Å². The van der Waals surface area contributed by atoms with Crippen molar-refractivity contribution in [3.63, 3.8) is 0 Å². The molecule has 0 N–H and O–H groups in total.